The fourth-order valence-corrected chi connectivity index (χ4v) is 3.65. The summed E-state index contributed by atoms with van der Waals surface area (Å²) in [5, 5.41) is 14.4. The van der Waals surface area contributed by atoms with E-state index in [1.165, 1.54) is 11.1 Å². The van der Waals surface area contributed by atoms with Crippen molar-refractivity contribution in [3.05, 3.63) is 71.8 Å². The van der Waals surface area contributed by atoms with Crippen molar-refractivity contribution in [3.8, 4) is 0 Å². The molecule has 27 heavy (non-hydrogen) atoms. The molecule has 0 spiro atoms. The molecule has 0 amide bonds. The van der Waals surface area contributed by atoms with Gasteiger partial charge in [-0.1, -0.05) is 88.4 Å². The van der Waals surface area contributed by atoms with Crippen molar-refractivity contribution in [2.24, 2.45) is 11.8 Å². The summed E-state index contributed by atoms with van der Waals surface area (Å²) in [6.45, 7) is 12.0. The maximum Gasteiger partial charge on any atom is 0.0822 e. The molecule has 148 valence electrons. The zero-order valence-electron chi connectivity index (χ0n) is 17.3. The lowest BCUT2D eigenvalue weighted by atomic mass is 9.95. The Kier molecular flexibility index (Phi) is 8.99. The van der Waals surface area contributed by atoms with Gasteiger partial charge in [0.1, 0.15) is 0 Å². The Hall–Kier alpha value is -1.68. The summed E-state index contributed by atoms with van der Waals surface area (Å²) in [6, 6.07) is 21.2. The highest BCUT2D eigenvalue weighted by Crippen LogP contribution is 2.21. The summed E-state index contributed by atoms with van der Waals surface area (Å²) in [6.07, 6.45) is -0.406. The highest BCUT2D eigenvalue weighted by atomic mass is 16.3. The van der Waals surface area contributed by atoms with Crippen LogP contribution in [-0.4, -0.2) is 35.2 Å². The van der Waals surface area contributed by atoms with Gasteiger partial charge in [0.25, 0.3) is 0 Å². The third kappa shape index (κ3) is 7.45. The summed E-state index contributed by atoms with van der Waals surface area (Å²) in [4.78, 5) is 2.43. The number of benzene rings is 2. The molecule has 0 aliphatic rings. The lowest BCUT2D eigenvalue weighted by Gasteiger charge is -2.38. The molecule has 2 rings (SSSR count). The zero-order valence-corrected chi connectivity index (χ0v) is 17.3. The first kappa shape index (κ1) is 21.6. The number of nitrogens with zero attached hydrogens (tertiary/aromatic N) is 1. The van der Waals surface area contributed by atoms with Crippen LogP contribution in [0.15, 0.2) is 60.7 Å². The minimum absolute atomic E-state index is 0.0880. The van der Waals surface area contributed by atoms with Crippen LogP contribution in [0.25, 0.3) is 0 Å². The van der Waals surface area contributed by atoms with Crippen molar-refractivity contribution in [1.82, 2.24) is 10.2 Å². The monoisotopic (exact) mass is 368 g/mol. The van der Waals surface area contributed by atoms with Crippen LogP contribution < -0.4 is 5.32 Å². The van der Waals surface area contributed by atoms with Gasteiger partial charge in [-0.25, -0.2) is 0 Å². The van der Waals surface area contributed by atoms with Crippen molar-refractivity contribution in [2.75, 3.05) is 13.1 Å². The number of aliphatic hydroxyl groups excluding tert-OH is 1. The molecule has 3 nitrogen and oxygen atoms in total. The predicted molar refractivity (Wildman–Crippen MR) is 114 cm³/mol. The van der Waals surface area contributed by atoms with E-state index in [9.17, 15) is 5.11 Å². The van der Waals surface area contributed by atoms with E-state index in [0.29, 0.717) is 18.4 Å². The third-order valence-corrected chi connectivity index (χ3v) is 4.86. The Balaban J connectivity index is 2.18. The van der Waals surface area contributed by atoms with E-state index in [2.05, 4.69) is 98.6 Å². The Labute approximate surface area is 165 Å². The van der Waals surface area contributed by atoms with Crippen molar-refractivity contribution in [1.29, 1.82) is 0 Å². The molecule has 0 bridgehead atoms. The standard InChI is InChI=1S/C24H36N2O/c1-19(2)15-25-16-23(27)24(20(3)4)26(17-21-11-7-5-8-12-21)18-22-13-9-6-10-14-22/h5-14,19-20,23-25,27H,15-18H2,1-4H3/t23-,24+/m1/s1. The Morgan fingerprint density at radius 1 is 0.778 bits per heavy atom. The molecule has 0 heterocycles. The maximum absolute atomic E-state index is 11.0. The van der Waals surface area contributed by atoms with Crippen LogP contribution in [-0.2, 0) is 13.1 Å². The van der Waals surface area contributed by atoms with Crippen LogP contribution >= 0.6 is 0 Å². The Bertz CT molecular complexity index is 586. The molecule has 0 aliphatic carbocycles. The first-order valence-corrected chi connectivity index (χ1v) is 10.2. The molecule has 0 saturated heterocycles. The highest BCUT2D eigenvalue weighted by molar-refractivity contribution is 5.17. The Morgan fingerprint density at radius 3 is 1.67 bits per heavy atom. The molecular weight excluding hydrogens is 332 g/mol. The molecule has 3 heteroatoms. The van der Waals surface area contributed by atoms with Gasteiger partial charge in [-0.3, -0.25) is 4.90 Å². The van der Waals surface area contributed by atoms with Gasteiger partial charge in [-0.05, 0) is 29.5 Å². The van der Waals surface area contributed by atoms with E-state index in [4.69, 9.17) is 0 Å². The second-order valence-electron chi connectivity index (χ2n) is 8.23. The molecule has 0 radical (unpaired) electrons. The van der Waals surface area contributed by atoms with Crippen molar-refractivity contribution in [3.63, 3.8) is 0 Å². The quantitative estimate of drug-likeness (QED) is 0.620. The summed E-state index contributed by atoms with van der Waals surface area (Å²) in [5.41, 5.74) is 2.56. The second-order valence-corrected chi connectivity index (χ2v) is 8.23. The van der Waals surface area contributed by atoms with Gasteiger partial charge in [0.05, 0.1) is 6.10 Å². The van der Waals surface area contributed by atoms with Crippen molar-refractivity contribution in [2.45, 2.75) is 52.9 Å². The van der Waals surface area contributed by atoms with Crippen LogP contribution in [0.2, 0.25) is 0 Å². The fourth-order valence-electron chi connectivity index (χ4n) is 3.65. The van der Waals surface area contributed by atoms with E-state index >= 15 is 0 Å². The molecule has 0 aliphatic heterocycles. The van der Waals surface area contributed by atoms with E-state index < -0.39 is 6.10 Å². The number of hydrogen-bond acceptors (Lipinski definition) is 3. The SMILES string of the molecule is CC(C)CNC[C@@H](O)[C@H](C(C)C)N(Cc1ccccc1)Cc1ccccc1. The number of aliphatic hydroxyl groups is 1. The topological polar surface area (TPSA) is 35.5 Å². The van der Waals surface area contributed by atoms with Gasteiger partial charge >= 0.3 is 0 Å². The second kappa shape index (κ2) is 11.2. The molecule has 2 aromatic rings. The highest BCUT2D eigenvalue weighted by Gasteiger charge is 2.29. The van der Waals surface area contributed by atoms with E-state index in [0.717, 1.165) is 19.6 Å². The minimum Gasteiger partial charge on any atom is -0.390 e. The van der Waals surface area contributed by atoms with E-state index in [-0.39, 0.29) is 6.04 Å². The van der Waals surface area contributed by atoms with Gasteiger partial charge in [-0.15, -0.1) is 0 Å². The normalized spacial score (nSPS) is 14.1. The molecule has 2 aromatic carbocycles. The fraction of sp³-hybridized carbons (Fsp3) is 0.500. The molecule has 2 N–H and O–H groups in total. The number of hydrogen-bond donors (Lipinski definition) is 2. The van der Waals surface area contributed by atoms with Gasteiger partial charge < -0.3 is 10.4 Å². The summed E-state index contributed by atoms with van der Waals surface area (Å²) < 4.78 is 0. The third-order valence-electron chi connectivity index (χ3n) is 4.86. The predicted octanol–water partition coefficient (Wildman–Crippen LogP) is 4.32. The summed E-state index contributed by atoms with van der Waals surface area (Å²) >= 11 is 0. The maximum atomic E-state index is 11.0. The van der Waals surface area contributed by atoms with Crippen molar-refractivity contribution >= 4 is 0 Å². The number of rotatable bonds is 11. The molecule has 0 unspecified atom stereocenters. The molecular formula is C24H36N2O. The first-order chi connectivity index (χ1) is 13.0. The van der Waals surface area contributed by atoms with Crippen LogP contribution in [0, 0.1) is 11.8 Å². The molecule has 0 aromatic heterocycles. The van der Waals surface area contributed by atoms with Gasteiger partial charge in [0.15, 0.2) is 0 Å². The lowest BCUT2D eigenvalue weighted by molar-refractivity contribution is 0.0145. The molecule has 0 fully saturated rings. The van der Waals surface area contributed by atoms with E-state index in [1.807, 2.05) is 0 Å². The summed E-state index contributed by atoms with van der Waals surface area (Å²) in [5.74, 6) is 0.938. The lowest BCUT2D eigenvalue weighted by Crippen LogP contribution is -2.50. The molecule has 2 atom stereocenters. The van der Waals surface area contributed by atoms with Crippen molar-refractivity contribution < 1.29 is 5.11 Å². The average Bonchev–Trinajstić information content (AvgIpc) is 2.63. The molecule has 0 saturated carbocycles. The summed E-state index contributed by atoms with van der Waals surface area (Å²) in [7, 11) is 0. The minimum atomic E-state index is -0.406. The van der Waals surface area contributed by atoms with Gasteiger partial charge in [-0.2, -0.15) is 0 Å². The Morgan fingerprint density at radius 2 is 1.26 bits per heavy atom. The van der Waals surface area contributed by atoms with Gasteiger partial charge in [0.2, 0.25) is 0 Å². The first-order valence-electron chi connectivity index (χ1n) is 10.2. The zero-order chi connectivity index (χ0) is 19.6. The largest absolute Gasteiger partial charge is 0.390 e. The van der Waals surface area contributed by atoms with Crippen LogP contribution in [0.5, 0.6) is 0 Å². The van der Waals surface area contributed by atoms with Crippen LogP contribution in [0.4, 0.5) is 0 Å². The van der Waals surface area contributed by atoms with Crippen LogP contribution in [0.1, 0.15) is 38.8 Å². The average molecular weight is 369 g/mol. The number of nitrogens with one attached hydrogen (secondary N) is 1. The van der Waals surface area contributed by atoms with Gasteiger partial charge in [0, 0.05) is 25.7 Å². The van der Waals surface area contributed by atoms with Crippen LogP contribution in [0.3, 0.4) is 0 Å². The smallest absolute Gasteiger partial charge is 0.0822 e. The van der Waals surface area contributed by atoms with E-state index in [1.54, 1.807) is 0 Å².